The highest BCUT2D eigenvalue weighted by Crippen LogP contribution is 2.53. The molecule has 2 amide bonds. The first-order valence-electron chi connectivity index (χ1n) is 9.52. The third-order valence-electron chi connectivity index (χ3n) is 6.11. The van der Waals surface area contributed by atoms with Gasteiger partial charge >= 0.3 is 0 Å². The maximum atomic E-state index is 13.8. The molecule has 0 radical (unpaired) electrons. The van der Waals surface area contributed by atoms with Crippen molar-refractivity contribution in [3.63, 3.8) is 0 Å². The van der Waals surface area contributed by atoms with Gasteiger partial charge in [0, 0.05) is 13.6 Å². The number of benzene rings is 1. The number of carbonyl (C=O) groups excluding carboxylic acids is 2. The Morgan fingerprint density at radius 2 is 2.13 bits per heavy atom. The summed E-state index contributed by atoms with van der Waals surface area (Å²) in [4.78, 5) is 28.2. The highest BCUT2D eigenvalue weighted by atomic mass is 33.1. The molecule has 0 bridgehead atoms. The van der Waals surface area contributed by atoms with Crippen LogP contribution in [0.15, 0.2) is 12.1 Å². The average molecular weight is 450 g/mol. The highest BCUT2D eigenvalue weighted by molar-refractivity contribution is 8.77. The number of methoxy groups -OCH3 is 1. The molecule has 2 saturated heterocycles. The van der Waals surface area contributed by atoms with Gasteiger partial charge in [-0.05, 0) is 38.0 Å². The minimum atomic E-state index is -1.04. The summed E-state index contributed by atoms with van der Waals surface area (Å²) in [5.74, 6) is 1.62. The predicted molar refractivity (Wildman–Crippen MR) is 113 cm³/mol. The van der Waals surface area contributed by atoms with Gasteiger partial charge in [0.25, 0.3) is 5.91 Å². The Morgan fingerprint density at radius 1 is 1.37 bits per heavy atom. The van der Waals surface area contributed by atoms with Crippen LogP contribution in [-0.2, 0) is 9.59 Å². The van der Waals surface area contributed by atoms with Crippen LogP contribution < -0.4 is 14.2 Å². The molecule has 0 saturated carbocycles. The molecule has 1 aromatic carbocycles. The average Bonchev–Trinajstić information content (AvgIpc) is 3.35. The maximum absolute atomic E-state index is 13.8. The van der Waals surface area contributed by atoms with E-state index in [1.165, 1.54) is 26.5 Å². The lowest BCUT2D eigenvalue weighted by Crippen LogP contribution is -2.58. The Bertz CT molecular complexity index is 951. The van der Waals surface area contributed by atoms with E-state index >= 15 is 0 Å². The van der Waals surface area contributed by atoms with Gasteiger partial charge in [-0.2, -0.15) is 5.26 Å². The van der Waals surface area contributed by atoms with Crippen LogP contribution in [0.25, 0.3) is 0 Å². The smallest absolute Gasteiger partial charge is 0.260 e. The second kappa shape index (κ2) is 7.46. The number of carbonyl (C=O) groups is 2. The van der Waals surface area contributed by atoms with Gasteiger partial charge in [-0.25, -0.2) is 0 Å². The third kappa shape index (κ3) is 3.06. The molecule has 0 aliphatic carbocycles. The standard InChI is InChI=1S/C20H23N3O5S2/c1-19(10-21)5-6-23(18(25)20(2)22(3)15(24)9-29-30-20)17(19)12-7-13(26-4)16-14(8-12)27-11-28-16/h7-8,17H,5-6,9,11H2,1-4H3/t17-,19+,20+/m0/s1. The van der Waals surface area contributed by atoms with E-state index in [4.69, 9.17) is 14.2 Å². The topological polar surface area (TPSA) is 92.1 Å². The van der Waals surface area contributed by atoms with Crippen LogP contribution in [0.5, 0.6) is 17.2 Å². The number of hydrogen-bond acceptors (Lipinski definition) is 8. The van der Waals surface area contributed by atoms with Crippen molar-refractivity contribution < 1.29 is 23.8 Å². The first kappa shape index (κ1) is 21.0. The largest absolute Gasteiger partial charge is 0.493 e. The first-order valence-corrected chi connectivity index (χ1v) is 11.8. The number of nitrogens with zero attached hydrogens (tertiary/aromatic N) is 3. The van der Waals surface area contributed by atoms with E-state index in [0.29, 0.717) is 36.0 Å². The zero-order chi connectivity index (χ0) is 21.7. The fourth-order valence-electron chi connectivity index (χ4n) is 4.18. The van der Waals surface area contributed by atoms with Crippen molar-refractivity contribution in [1.82, 2.24) is 9.80 Å². The van der Waals surface area contributed by atoms with Crippen molar-refractivity contribution in [3.8, 4) is 23.3 Å². The first-order chi connectivity index (χ1) is 14.2. The van der Waals surface area contributed by atoms with E-state index in [-0.39, 0.29) is 18.6 Å². The lowest BCUT2D eigenvalue weighted by molar-refractivity contribution is -0.145. The quantitative estimate of drug-likeness (QED) is 0.651. The Hall–Kier alpha value is -2.25. The van der Waals surface area contributed by atoms with Crippen LogP contribution in [0.3, 0.4) is 0 Å². The van der Waals surface area contributed by atoms with Crippen molar-refractivity contribution in [2.75, 3.05) is 33.2 Å². The minimum Gasteiger partial charge on any atom is -0.493 e. The van der Waals surface area contributed by atoms with Gasteiger partial charge in [-0.1, -0.05) is 21.6 Å². The van der Waals surface area contributed by atoms with Crippen molar-refractivity contribution in [3.05, 3.63) is 17.7 Å². The Kier molecular flexibility index (Phi) is 5.22. The van der Waals surface area contributed by atoms with Crippen molar-refractivity contribution in [2.45, 2.75) is 31.2 Å². The third-order valence-corrected chi connectivity index (χ3v) is 9.05. The number of nitriles is 1. The Labute approximate surface area is 183 Å². The number of fused-ring (bicyclic) bond motifs is 1. The number of amides is 2. The molecule has 3 aliphatic heterocycles. The minimum absolute atomic E-state index is 0.0851. The van der Waals surface area contributed by atoms with Crippen molar-refractivity contribution in [1.29, 1.82) is 5.26 Å². The van der Waals surface area contributed by atoms with Gasteiger partial charge in [-0.3, -0.25) is 9.59 Å². The van der Waals surface area contributed by atoms with E-state index in [0.717, 1.165) is 5.56 Å². The molecule has 4 rings (SSSR count). The molecule has 30 heavy (non-hydrogen) atoms. The van der Waals surface area contributed by atoms with Crippen LogP contribution in [0.1, 0.15) is 31.9 Å². The van der Waals surface area contributed by atoms with Crippen LogP contribution in [0, 0.1) is 16.7 Å². The van der Waals surface area contributed by atoms with E-state index in [9.17, 15) is 14.9 Å². The molecule has 1 aromatic rings. The van der Waals surface area contributed by atoms with E-state index in [1.54, 1.807) is 32.0 Å². The molecule has 8 nitrogen and oxygen atoms in total. The van der Waals surface area contributed by atoms with E-state index in [2.05, 4.69) is 6.07 Å². The summed E-state index contributed by atoms with van der Waals surface area (Å²) < 4.78 is 16.5. The molecule has 160 valence electrons. The molecule has 3 atom stereocenters. The summed E-state index contributed by atoms with van der Waals surface area (Å²) in [5, 5.41) is 10.00. The SMILES string of the molecule is COc1cc([C@@H]2N(C(=O)[C@@]3(C)SSCC(=O)N3C)CC[C@]2(C)C#N)cc2c1OCO2. The van der Waals surface area contributed by atoms with Gasteiger partial charge in [0.05, 0.1) is 30.4 Å². The molecular weight excluding hydrogens is 426 g/mol. The lowest BCUT2D eigenvalue weighted by atomic mass is 9.80. The molecule has 0 unspecified atom stereocenters. The van der Waals surface area contributed by atoms with Crippen molar-refractivity contribution >= 4 is 33.4 Å². The van der Waals surface area contributed by atoms with Crippen LogP contribution in [0.2, 0.25) is 0 Å². The zero-order valence-electron chi connectivity index (χ0n) is 17.3. The summed E-state index contributed by atoms with van der Waals surface area (Å²) in [5.41, 5.74) is -0.0446. The number of rotatable bonds is 3. The molecule has 3 heterocycles. The fraction of sp³-hybridized carbons (Fsp3) is 0.550. The summed E-state index contributed by atoms with van der Waals surface area (Å²) >= 11 is 0. The molecule has 10 heteroatoms. The summed E-state index contributed by atoms with van der Waals surface area (Å²) in [6.07, 6.45) is 0.530. The number of ether oxygens (including phenoxy) is 3. The van der Waals surface area contributed by atoms with Gasteiger partial charge in [0.2, 0.25) is 18.4 Å². The number of likely N-dealkylation sites (N-methyl/N-ethyl adjacent to an activating group) is 1. The lowest BCUT2D eigenvalue weighted by Gasteiger charge is -2.43. The maximum Gasteiger partial charge on any atom is 0.260 e. The van der Waals surface area contributed by atoms with Crippen LogP contribution in [-0.4, -0.2) is 59.7 Å². The highest BCUT2D eigenvalue weighted by Gasteiger charge is 2.54. The molecule has 2 fully saturated rings. The van der Waals surface area contributed by atoms with Gasteiger partial charge in [-0.15, -0.1) is 0 Å². The molecule has 0 spiro atoms. The van der Waals surface area contributed by atoms with E-state index in [1.807, 2.05) is 13.0 Å². The van der Waals surface area contributed by atoms with Crippen molar-refractivity contribution in [2.24, 2.45) is 5.41 Å². The summed E-state index contributed by atoms with van der Waals surface area (Å²) in [7, 11) is 5.96. The van der Waals surface area contributed by atoms with Gasteiger partial charge < -0.3 is 24.0 Å². The summed E-state index contributed by atoms with van der Waals surface area (Å²) in [6, 6.07) is 5.53. The molecule has 0 aromatic heterocycles. The fourth-order valence-corrected chi connectivity index (χ4v) is 6.89. The number of likely N-dealkylation sites (tertiary alicyclic amines) is 1. The summed E-state index contributed by atoms with van der Waals surface area (Å²) in [6.45, 7) is 4.15. The monoisotopic (exact) mass is 449 g/mol. The Balaban J connectivity index is 1.77. The number of hydrogen-bond donors (Lipinski definition) is 0. The predicted octanol–water partition coefficient (Wildman–Crippen LogP) is 2.80. The molecule has 3 aliphatic rings. The van der Waals surface area contributed by atoms with Crippen LogP contribution >= 0.6 is 21.6 Å². The normalized spacial score (nSPS) is 30.4. The zero-order valence-corrected chi connectivity index (χ0v) is 18.9. The molecular formula is C20H23N3O5S2. The Morgan fingerprint density at radius 3 is 2.83 bits per heavy atom. The van der Waals surface area contributed by atoms with Gasteiger partial charge in [0.15, 0.2) is 16.4 Å². The van der Waals surface area contributed by atoms with E-state index < -0.39 is 16.3 Å². The van der Waals surface area contributed by atoms with Gasteiger partial charge in [0.1, 0.15) is 0 Å². The van der Waals surface area contributed by atoms with Crippen LogP contribution in [0.4, 0.5) is 0 Å². The second-order valence-corrected chi connectivity index (χ2v) is 10.6. The second-order valence-electron chi connectivity index (χ2n) is 7.92. The molecule has 0 N–H and O–H groups in total.